The lowest BCUT2D eigenvalue weighted by atomic mass is 10.1. The molecule has 0 radical (unpaired) electrons. The molecule has 0 heterocycles. The third-order valence-electron chi connectivity index (χ3n) is 6.27. The fourth-order valence-electron chi connectivity index (χ4n) is 5.58. The summed E-state index contributed by atoms with van der Waals surface area (Å²) in [7, 11) is -1.86. The van der Waals surface area contributed by atoms with Crippen molar-refractivity contribution < 1.29 is 0 Å². The molecule has 0 aliphatic carbocycles. The predicted molar refractivity (Wildman–Crippen MR) is 134 cm³/mol. The summed E-state index contributed by atoms with van der Waals surface area (Å²) in [6.45, 7) is 14.7. The van der Waals surface area contributed by atoms with Crippen LogP contribution in [0.4, 0.5) is 0 Å². The maximum atomic E-state index is 2.45. The van der Waals surface area contributed by atoms with Crippen molar-refractivity contribution in [3.8, 4) is 0 Å². The molecule has 0 spiro atoms. The minimum absolute atomic E-state index is 0.111. The third kappa shape index (κ3) is 3.01. The molecule has 0 nitrogen and oxygen atoms in total. The average Bonchev–Trinajstić information content (AvgIpc) is 2.67. The van der Waals surface area contributed by atoms with Gasteiger partial charge in [0.2, 0.25) is 0 Å². The van der Waals surface area contributed by atoms with Crippen LogP contribution in [-0.4, -0.2) is 10.3 Å². The van der Waals surface area contributed by atoms with Crippen LogP contribution >= 0.6 is 7.26 Å². The molecule has 4 aromatic rings. The highest BCUT2D eigenvalue weighted by Gasteiger charge is 2.62. The summed E-state index contributed by atoms with van der Waals surface area (Å²) in [4.78, 5) is 0. The molecule has 0 aromatic heterocycles. The average molecular weight is 400 g/mol. The lowest BCUT2D eigenvalue weighted by Gasteiger charge is -2.47. The highest BCUT2D eigenvalue weighted by molar-refractivity contribution is 7.92. The fraction of sp³-hybridized carbons (Fsp3) is 0.286. The van der Waals surface area contributed by atoms with Gasteiger partial charge in [0.15, 0.2) is 0 Å². The molecule has 0 unspecified atom stereocenters. The highest BCUT2D eigenvalue weighted by Crippen LogP contribution is 2.75. The quantitative estimate of drug-likeness (QED) is 0.305. The Morgan fingerprint density at radius 1 is 0.448 bits per heavy atom. The lowest BCUT2D eigenvalue weighted by molar-refractivity contribution is 0.704. The second kappa shape index (κ2) is 6.96. The second-order valence-corrected chi connectivity index (χ2v) is 15.0. The van der Waals surface area contributed by atoms with Gasteiger partial charge in [-0.2, -0.15) is 0 Å². The van der Waals surface area contributed by atoms with Gasteiger partial charge in [0.25, 0.3) is 0 Å². The third-order valence-corrected chi connectivity index (χ3v) is 12.5. The first-order valence-corrected chi connectivity index (χ1v) is 12.3. The number of hydrogen-bond donors (Lipinski definition) is 0. The topological polar surface area (TPSA) is 0 Å². The maximum absolute atomic E-state index is 2.45. The van der Waals surface area contributed by atoms with Gasteiger partial charge in [-0.15, -0.1) is 0 Å². The second-order valence-electron chi connectivity index (χ2n) is 10.0. The van der Waals surface area contributed by atoms with Gasteiger partial charge < -0.3 is 0 Å². The van der Waals surface area contributed by atoms with Crippen LogP contribution < -0.4 is 10.6 Å². The molecule has 0 aliphatic heterocycles. The molecule has 0 atom stereocenters. The van der Waals surface area contributed by atoms with E-state index in [4.69, 9.17) is 0 Å². The molecular weight excluding hydrogens is 367 g/mol. The summed E-state index contributed by atoms with van der Waals surface area (Å²) >= 11 is 0. The first kappa shape index (κ1) is 20.1. The van der Waals surface area contributed by atoms with Crippen molar-refractivity contribution in [3.05, 3.63) is 84.9 Å². The van der Waals surface area contributed by atoms with Crippen molar-refractivity contribution >= 4 is 39.4 Å². The molecule has 0 bridgehead atoms. The molecule has 0 saturated heterocycles. The number of benzene rings is 4. The zero-order valence-electron chi connectivity index (χ0n) is 18.5. The van der Waals surface area contributed by atoms with Crippen LogP contribution in [0.25, 0.3) is 21.5 Å². The van der Waals surface area contributed by atoms with E-state index in [1.54, 1.807) is 0 Å². The van der Waals surface area contributed by atoms with Gasteiger partial charge in [0, 0.05) is 10.8 Å². The van der Waals surface area contributed by atoms with Gasteiger partial charge in [-0.05, 0) is 64.4 Å². The maximum Gasteiger partial charge on any atom is 0.108 e. The Kier molecular flexibility index (Phi) is 4.83. The monoisotopic (exact) mass is 399 g/mol. The van der Waals surface area contributed by atoms with Gasteiger partial charge in [-0.25, -0.2) is 0 Å². The summed E-state index contributed by atoms with van der Waals surface area (Å²) in [6.07, 6.45) is 0. The van der Waals surface area contributed by atoms with Crippen LogP contribution in [0.3, 0.4) is 0 Å². The Hall–Kier alpha value is -2.17. The number of fused-ring (bicyclic) bond motifs is 2. The molecule has 0 fully saturated rings. The van der Waals surface area contributed by atoms with Crippen LogP contribution in [0.5, 0.6) is 0 Å². The van der Waals surface area contributed by atoms with E-state index in [0.29, 0.717) is 0 Å². The van der Waals surface area contributed by atoms with Gasteiger partial charge in [-0.1, -0.05) is 72.8 Å². The molecule has 4 aromatic carbocycles. The lowest BCUT2D eigenvalue weighted by Crippen LogP contribution is -2.46. The first-order valence-electron chi connectivity index (χ1n) is 10.5. The van der Waals surface area contributed by atoms with E-state index in [0.717, 1.165) is 0 Å². The molecule has 0 N–H and O–H groups in total. The normalized spacial score (nSPS) is 13.2. The van der Waals surface area contributed by atoms with Crippen LogP contribution in [0.2, 0.25) is 0 Å². The molecule has 29 heavy (non-hydrogen) atoms. The Morgan fingerprint density at radius 3 is 1.17 bits per heavy atom. The minimum Gasteiger partial charge on any atom is -0.0616 e. The largest absolute Gasteiger partial charge is 0.108 e. The molecule has 0 aliphatic rings. The number of rotatable bonds is 2. The van der Waals surface area contributed by atoms with Crippen LogP contribution in [-0.2, 0) is 0 Å². The van der Waals surface area contributed by atoms with E-state index >= 15 is 0 Å². The Bertz CT molecular complexity index is 1070. The van der Waals surface area contributed by atoms with Crippen molar-refractivity contribution in [1.82, 2.24) is 0 Å². The number of hydrogen-bond acceptors (Lipinski definition) is 0. The van der Waals surface area contributed by atoms with Crippen molar-refractivity contribution in [2.75, 3.05) is 0 Å². The zero-order valence-corrected chi connectivity index (χ0v) is 19.4. The predicted octanol–water partition coefficient (Wildman–Crippen LogP) is 7.56. The zero-order chi connectivity index (χ0) is 20.9. The van der Waals surface area contributed by atoms with Crippen molar-refractivity contribution in [3.63, 3.8) is 0 Å². The fourth-order valence-corrected chi connectivity index (χ4v) is 12.5. The van der Waals surface area contributed by atoms with Gasteiger partial charge in [0.1, 0.15) is 10.6 Å². The van der Waals surface area contributed by atoms with Crippen molar-refractivity contribution in [2.24, 2.45) is 0 Å². The van der Waals surface area contributed by atoms with Crippen molar-refractivity contribution in [2.45, 2.75) is 51.9 Å². The molecule has 1 heteroatoms. The SMILES string of the molecule is CC(C)(C)[P+](c1cccc2ccccc12)(c1cccc2ccccc12)C(C)(C)C. The smallest absolute Gasteiger partial charge is 0.0616 e. The van der Waals surface area contributed by atoms with Gasteiger partial charge >= 0.3 is 0 Å². The van der Waals surface area contributed by atoms with Crippen molar-refractivity contribution in [1.29, 1.82) is 0 Å². The molecule has 4 rings (SSSR count). The summed E-state index contributed by atoms with van der Waals surface area (Å²) in [5.41, 5.74) is 0. The Labute approximate surface area is 176 Å². The van der Waals surface area contributed by atoms with Crippen LogP contribution in [0.1, 0.15) is 41.5 Å². The van der Waals surface area contributed by atoms with E-state index in [1.165, 1.54) is 32.2 Å². The Balaban J connectivity index is 2.25. The molecule has 0 amide bonds. The van der Waals surface area contributed by atoms with E-state index in [-0.39, 0.29) is 10.3 Å². The van der Waals surface area contributed by atoms with Gasteiger partial charge in [-0.3, -0.25) is 0 Å². The van der Waals surface area contributed by atoms with Gasteiger partial charge in [0.05, 0.1) is 17.6 Å². The summed E-state index contributed by atoms with van der Waals surface area (Å²) in [6, 6.07) is 31.7. The molecular formula is C28H32P+. The van der Waals surface area contributed by atoms with E-state index < -0.39 is 7.26 Å². The van der Waals surface area contributed by atoms with E-state index in [9.17, 15) is 0 Å². The Morgan fingerprint density at radius 2 is 0.793 bits per heavy atom. The first-order chi connectivity index (χ1) is 13.7. The highest BCUT2D eigenvalue weighted by atomic mass is 31.2. The summed E-state index contributed by atoms with van der Waals surface area (Å²) < 4.78 is 0. The minimum atomic E-state index is -1.86. The van der Waals surface area contributed by atoms with Crippen LogP contribution in [0, 0.1) is 0 Å². The van der Waals surface area contributed by atoms with E-state index in [2.05, 4.69) is 126 Å². The standard InChI is InChI=1S/C28H32P/c1-27(2,3)29(28(4,5)6,25-19-11-15-21-13-7-9-17-23(21)25)26-20-12-16-22-14-8-10-18-24(22)26/h7-20H,1-6H3/q+1. The molecule has 148 valence electrons. The van der Waals surface area contributed by atoms with E-state index in [1.807, 2.05) is 0 Å². The summed E-state index contributed by atoms with van der Waals surface area (Å²) in [5, 5.41) is 8.77. The summed E-state index contributed by atoms with van der Waals surface area (Å²) in [5.74, 6) is 0. The van der Waals surface area contributed by atoms with Crippen LogP contribution in [0.15, 0.2) is 84.9 Å². The molecule has 0 saturated carbocycles.